The number of hydrogen-bond donors (Lipinski definition) is 1. The van der Waals surface area contributed by atoms with Crippen LogP contribution < -0.4 is 15.2 Å². The van der Waals surface area contributed by atoms with Crippen LogP contribution in [0.25, 0.3) is 18.2 Å². The Labute approximate surface area is 92.8 Å². The molecule has 0 fully saturated rings. The van der Waals surface area contributed by atoms with E-state index in [1.165, 1.54) is 0 Å². The van der Waals surface area contributed by atoms with Gasteiger partial charge in [-0.15, -0.1) is 0 Å². The molecule has 0 saturated heterocycles. The number of aliphatic hydroxyl groups excluding tert-OH is 1. The van der Waals surface area contributed by atoms with Crippen molar-refractivity contribution in [1.82, 2.24) is 0 Å². The highest BCUT2D eigenvalue weighted by atomic mass is 16.5. The molecule has 1 aromatic carbocycles. The zero-order valence-corrected chi connectivity index (χ0v) is 8.55. The molecule has 16 heavy (non-hydrogen) atoms. The normalized spacial score (nSPS) is 15.9. The maximum Gasteiger partial charge on any atom is 0.134 e. The Morgan fingerprint density at radius 2 is 1.94 bits per heavy atom. The molecular weight excluding hydrogens is 200 g/mol. The minimum Gasteiger partial charge on any atom is -0.508 e. The lowest BCUT2D eigenvalue weighted by Gasteiger charge is -2.07. The predicted molar refractivity (Wildman–Crippen MR) is 64.1 cm³/mol. The van der Waals surface area contributed by atoms with E-state index in [1.54, 1.807) is 18.4 Å². The summed E-state index contributed by atoms with van der Waals surface area (Å²) in [6.07, 6.45) is 12.7. The SMILES string of the molecule is OC1=CC=Cc2ccc3c(c2=C1)=CC=CO3. The molecule has 0 saturated carbocycles. The second-order valence-electron chi connectivity index (χ2n) is 3.69. The van der Waals surface area contributed by atoms with Gasteiger partial charge in [0.25, 0.3) is 0 Å². The van der Waals surface area contributed by atoms with Crippen LogP contribution in [0.2, 0.25) is 0 Å². The molecule has 0 aromatic heterocycles. The van der Waals surface area contributed by atoms with E-state index in [2.05, 4.69) is 0 Å². The third-order valence-electron chi connectivity index (χ3n) is 2.65. The van der Waals surface area contributed by atoms with Crippen molar-refractivity contribution in [3.8, 4) is 5.75 Å². The Bertz CT molecular complexity index is 646. The summed E-state index contributed by atoms with van der Waals surface area (Å²) in [5.74, 6) is 1.08. The highest BCUT2D eigenvalue weighted by Crippen LogP contribution is 2.09. The summed E-state index contributed by atoms with van der Waals surface area (Å²) in [5, 5.41) is 11.6. The molecule has 2 nitrogen and oxygen atoms in total. The van der Waals surface area contributed by atoms with Gasteiger partial charge in [0.15, 0.2) is 0 Å². The van der Waals surface area contributed by atoms with Crippen molar-refractivity contribution in [2.75, 3.05) is 0 Å². The summed E-state index contributed by atoms with van der Waals surface area (Å²) in [4.78, 5) is 0. The highest BCUT2D eigenvalue weighted by molar-refractivity contribution is 5.64. The van der Waals surface area contributed by atoms with Crippen LogP contribution >= 0.6 is 0 Å². The van der Waals surface area contributed by atoms with E-state index in [0.717, 1.165) is 21.8 Å². The van der Waals surface area contributed by atoms with Crippen molar-refractivity contribution in [2.24, 2.45) is 0 Å². The van der Waals surface area contributed by atoms with Gasteiger partial charge in [-0.25, -0.2) is 0 Å². The number of rotatable bonds is 0. The Kier molecular flexibility index (Phi) is 1.93. The Morgan fingerprint density at radius 3 is 2.88 bits per heavy atom. The van der Waals surface area contributed by atoms with Gasteiger partial charge in [0.05, 0.1) is 6.26 Å². The molecule has 0 atom stereocenters. The van der Waals surface area contributed by atoms with Gasteiger partial charge in [-0.1, -0.05) is 18.2 Å². The second-order valence-corrected chi connectivity index (χ2v) is 3.69. The van der Waals surface area contributed by atoms with Crippen LogP contribution in [0.4, 0.5) is 0 Å². The van der Waals surface area contributed by atoms with Gasteiger partial charge >= 0.3 is 0 Å². The third-order valence-corrected chi connectivity index (χ3v) is 2.65. The first-order valence-corrected chi connectivity index (χ1v) is 5.10. The lowest BCUT2D eigenvalue weighted by atomic mass is 10.1. The highest BCUT2D eigenvalue weighted by Gasteiger charge is 2.05. The summed E-state index contributed by atoms with van der Waals surface area (Å²) >= 11 is 0. The summed E-state index contributed by atoms with van der Waals surface area (Å²) in [7, 11) is 0. The molecule has 2 heteroatoms. The van der Waals surface area contributed by atoms with Crippen molar-refractivity contribution < 1.29 is 9.84 Å². The quantitative estimate of drug-likeness (QED) is 0.705. The van der Waals surface area contributed by atoms with Gasteiger partial charge in [0.1, 0.15) is 11.5 Å². The molecular formula is C14H10O2. The number of hydrogen-bond acceptors (Lipinski definition) is 2. The molecule has 0 amide bonds. The van der Waals surface area contributed by atoms with Crippen LogP contribution in [0.5, 0.6) is 5.75 Å². The van der Waals surface area contributed by atoms with Crippen molar-refractivity contribution in [3.05, 3.63) is 58.4 Å². The molecule has 0 unspecified atom stereocenters. The number of ether oxygens (including phenoxy) is 1. The number of benzene rings is 1. The summed E-state index contributed by atoms with van der Waals surface area (Å²) in [6.45, 7) is 0. The number of allylic oxidation sites excluding steroid dienone is 4. The Hall–Kier alpha value is -2.22. The molecule has 2 aliphatic rings. The lowest BCUT2D eigenvalue weighted by Crippen LogP contribution is -2.29. The second kappa shape index (κ2) is 3.42. The molecule has 1 heterocycles. The van der Waals surface area contributed by atoms with Gasteiger partial charge < -0.3 is 9.84 Å². The van der Waals surface area contributed by atoms with Gasteiger partial charge in [0.2, 0.25) is 0 Å². The minimum absolute atomic E-state index is 0.256. The first-order chi connectivity index (χ1) is 7.84. The first-order valence-electron chi connectivity index (χ1n) is 5.10. The van der Waals surface area contributed by atoms with E-state index in [-0.39, 0.29) is 5.76 Å². The van der Waals surface area contributed by atoms with Crippen LogP contribution in [0.15, 0.2) is 42.4 Å². The minimum atomic E-state index is 0.256. The first kappa shape index (κ1) is 9.04. The molecule has 1 aliphatic carbocycles. The summed E-state index contributed by atoms with van der Waals surface area (Å²) in [6, 6.07) is 3.93. The maximum absolute atomic E-state index is 9.62. The van der Waals surface area contributed by atoms with Crippen LogP contribution in [-0.4, -0.2) is 5.11 Å². The van der Waals surface area contributed by atoms with Crippen molar-refractivity contribution in [3.63, 3.8) is 0 Å². The van der Waals surface area contributed by atoms with E-state index in [4.69, 9.17) is 4.74 Å². The standard InChI is InChI=1S/C14H10O2/c15-11-4-1-3-10-6-7-14-12(13(10)9-11)5-2-8-16-14/h1-9,15H. The molecule has 0 radical (unpaired) electrons. The average molecular weight is 210 g/mol. The fraction of sp³-hybridized carbons (Fsp3) is 0. The van der Waals surface area contributed by atoms with Crippen LogP contribution in [0.1, 0.15) is 5.56 Å². The van der Waals surface area contributed by atoms with Crippen molar-refractivity contribution >= 4 is 18.2 Å². The summed E-state index contributed by atoms with van der Waals surface area (Å²) in [5.41, 5.74) is 1.08. The van der Waals surface area contributed by atoms with Gasteiger partial charge in [-0.3, -0.25) is 0 Å². The fourth-order valence-electron chi connectivity index (χ4n) is 1.91. The molecule has 0 spiro atoms. The maximum atomic E-state index is 9.62. The van der Waals surface area contributed by atoms with Crippen molar-refractivity contribution in [1.29, 1.82) is 0 Å². The third kappa shape index (κ3) is 1.36. The number of fused-ring (bicyclic) bond motifs is 3. The Balaban J connectivity index is 2.45. The zero-order valence-electron chi connectivity index (χ0n) is 8.55. The summed E-state index contributed by atoms with van der Waals surface area (Å²) < 4.78 is 5.41. The average Bonchev–Trinajstić information content (AvgIpc) is 2.50. The Morgan fingerprint density at radius 1 is 1.00 bits per heavy atom. The smallest absolute Gasteiger partial charge is 0.134 e. The lowest BCUT2D eigenvalue weighted by molar-refractivity contribution is 0.441. The molecule has 1 N–H and O–H groups in total. The van der Waals surface area contributed by atoms with E-state index in [9.17, 15) is 5.11 Å². The predicted octanol–water partition coefficient (Wildman–Crippen LogP) is 1.62. The molecule has 1 aliphatic heterocycles. The van der Waals surface area contributed by atoms with E-state index < -0.39 is 0 Å². The van der Waals surface area contributed by atoms with Gasteiger partial charge in [-0.2, -0.15) is 0 Å². The van der Waals surface area contributed by atoms with E-state index >= 15 is 0 Å². The fourth-order valence-corrected chi connectivity index (χ4v) is 1.91. The monoisotopic (exact) mass is 210 g/mol. The largest absolute Gasteiger partial charge is 0.508 e. The van der Waals surface area contributed by atoms with Crippen LogP contribution in [-0.2, 0) is 0 Å². The van der Waals surface area contributed by atoms with Gasteiger partial charge in [0, 0.05) is 5.22 Å². The molecule has 78 valence electrons. The molecule has 0 bridgehead atoms. The van der Waals surface area contributed by atoms with E-state index in [0.29, 0.717) is 0 Å². The van der Waals surface area contributed by atoms with Crippen molar-refractivity contribution in [2.45, 2.75) is 0 Å². The topological polar surface area (TPSA) is 29.5 Å². The van der Waals surface area contributed by atoms with Gasteiger partial charge in [-0.05, 0) is 41.2 Å². The van der Waals surface area contributed by atoms with Crippen LogP contribution in [0, 0.1) is 0 Å². The van der Waals surface area contributed by atoms with Crippen LogP contribution in [0.3, 0.4) is 0 Å². The van der Waals surface area contributed by atoms with E-state index in [1.807, 2.05) is 36.4 Å². The molecule has 3 rings (SSSR count). The zero-order chi connectivity index (χ0) is 11.0. The number of aliphatic hydroxyl groups is 1. The molecule has 1 aromatic rings.